The maximum absolute atomic E-state index is 13.3. The molecule has 1 amide bonds. The molecule has 3 nitrogen and oxygen atoms in total. The predicted octanol–water partition coefficient (Wildman–Crippen LogP) is 3.15. The molecule has 0 aliphatic heterocycles. The molecular weight excluding hydrogens is 281 g/mol. The Hall–Kier alpha value is -1.13. The minimum atomic E-state index is -0.849. The molecule has 0 spiro atoms. The quantitative estimate of drug-likeness (QED) is 0.901. The number of rotatable bonds is 3. The molecule has 1 fully saturated rings. The average Bonchev–Trinajstić information content (AvgIpc) is 2.39. The maximum Gasteiger partial charge on any atom is 0.251 e. The molecule has 0 heterocycles. The van der Waals surface area contributed by atoms with Gasteiger partial charge in [-0.15, -0.1) is 0 Å². The van der Waals surface area contributed by atoms with E-state index < -0.39 is 17.3 Å². The van der Waals surface area contributed by atoms with E-state index in [4.69, 9.17) is 11.6 Å². The molecule has 0 radical (unpaired) electrons. The summed E-state index contributed by atoms with van der Waals surface area (Å²) in [6.45, 7) is 2.29. The van der Waals surface area contributed by atoms with E-state index in [0.29, 0.717) is 18.8 Å². The second kappa shape index (κ2) is 6.10. The van der Waals surface area contributed by atoms with Crippen LogP contribution in [0.5, 0.6) is 0 Å². The van der Waals surface area contributed by atoms with Crippen molar-refractivity contribution in [2.24, 2.45) is 5.92 Å². The first kappa shape index (κ1) is 15.3. The summed E-state index contributed by atoms with van der Waals surface area (Å²) < 4.78 is 13.3. The van der Waals surface area contributed by atoms with E-state index in [1.54, 1.807) is 0 Å². The van der Waals surface area contributed by atoms with Crippen LogP contribution in [0.3, 0.4) is 0 Å². The van der Waals surface area contributed by atoms with Gasteiger partial charge in [-0.25, -0.2) is 4.39 Å². The van der Waals surface area contributed by atoms with Gasteiger partial charge in [-0.2, -0.15) is 0 Å². The highest BCUT2D eigenvalue weighted by Gasteiger charge is 2.32. The van der Waals surface area contributed by atoms with Crippen molar-refractivity contribution in [1.29, 1.82) is 0 Å². The van der Waals surface area contributed by atoms with Crippen LogP contribution in [0.1, 0.15) is 43.0 Å². The van der Waals surface area contributed by atoms with E-state index in [1.165, 1.54) is 12.1 Å². The van der Waals surface area contributed by atoms with Crippen LogP contribution in [0.2, 0.25) is 5.02 Å². The van der Waals surface area contributed by atoms with Gasteiger partial charge in [0.05, 0.1) is 10.6 Å². The molecule has 0 saturated heterocycles. The highest BCUT2D eigenvalue weighted by molar-refractivity contribution is 6.30. The van der Waals surface area contributed by atoms with Crippen LogP contribution >= 0.6 is 11.6 Å². The summed E-state index contributed by atoms with van der Waals surface area (Å²) in [4.78, 5) is 11.9. The molecule has 1 aromatic rings. The Bertz CT molecular complexity index is 509. The van der Waals surface area contributed by atoms with Gasteiger partial charge in [0.1, 0.15) is 5.82 Å². The number of halogens is 2. The van der Waals surface area contributed by atoms with Gasteiger partial charge in [0.2, 0.25) is 0 Å². The highest BCUT2D eigenvalue weighted by Crippen LogP contribution is 2.31. The largest absolute Gasteiger partial charge is 0.388 e. The number of carbonyl (C=O) groups excluding carboxylic acids is 1. The van der Waals surface area contributed by atoms with Gasteiger partial charge in [0.25, 0.3) is 5.91 Å². The van der Waals surface area contributed by atoms with Gasteiger partial charge >= 0.3 is 0 Å². The van der Waals surface area contributed by atoms with Crippen LogP contribution in [0, 0.1) is 11.7 Å². The van der Waals surface area contributed by atoms with Crippen LogP contribution in [0.4, 0.5) is 4.39 Å². The van der Waals surface area contributed by atoms with Crippen molar-refractivity contribution in [2.75, 3.05) is 6.54 Å². The Kier molecular flexibility index (Phi) is 4.66. The highest BCUT2D eigenvalue weighted by atomic mass is 35.5. The molecule has 2 N–H and O–H groups in total. The Labute approximate surface area is 123 Å². The average molecular weight is 300 g/mol. The first-order valence-electron chi connectivity index (χ1n) is 6.85. The first-order valence-corrected chi connectivity index (χ1v) is 7.23. The third-order valence-corrected chi connectivity index (χ3v) is 4.13. The molecule has 1 saturated carbocycles. The molecule has 2 atom stereocenters. The van der Waals surface area contributed by atoms with Crippen LogP contribution in [-0.2, 0) is 0 Å². The van der Waals surface area contributed by atoms with Crippen LogP contribution in [0.15, 0.2) is 18.2 Å². The molecule has 0 aromatic heterocycles. The van der Waals surface area contributed by atoms with Gasteiger partial charge in [0, 0.05) is 12.1 Å². The van der Waals surface area contributed by atoms with Crippen molar-refractivity contribution in [3.8, 4) is 0 Å². The summed E-state index contributed by atoms with van der Waals surface area (Å²) >= 11 is 5.58. The van der Waals surface area contributed by atoms with Gasteiger partial charge in [-0.05, 0) is 37.0 Å². The third kappa shape index (κ3) is 3.70. The number of carbonyl (C=O) groups is 1. The fraction of sp³-hybridized carbons (Fsp3) is 0.533. The standard InChI is InChI=1S/C15H19ClFNO2/c1-10-3-2-6-15(20,8-10)9-18-14(19)11-4-5-12(16)13(17)7-11/h4-5,7,10,20H,2-3,6,8-9H2,1H3,(H,18,19). The molecule has 20 heavy (non-hydrogen) atoms. The molecule has 2 rings (SSSR count). The Morgan fingerprint density at radius 3 is 3.00 bits per heavy atom. The van der Waals surface area contributed by atoms with Crippen molar-refractivity contribution in [3.05, 3.63) is 34.6 Å². The maximum atomic E-state index is 13.3. The second-order valence-corrected chi connectivity index (χ2v) is 6.14. The van der Waals surface area contributed by atoms with Crippen molar-refractivity contribution in [1.82, 2.24) is 5.32 Å². The van der Waals surface area contributed by atoms with Gasteiger partial charge in [0.15, 0.2) is 0 Å². The monoisotopic (exact) mass is 299 g/mol. The zero-order chi connectivity index (χ0) is 14.8. The minimum Gasteiger partial charge on any atom is -0.388 e. The van der Waals surface area contributed by atoms with Crippen molar-refractivity contribution in [3.63, 3.8) is 0 Å². The smallest absolute Gasteiger partial charge is 0.251 e. The number of aliphatic hydroxyl groups is 1. The third-order valence-electron chi connectivity index (χ3n) is 3.83. The molecule has 1 aliphatic rings. The first-order chi connectivity index (χ1) is 9.39. The molecule has 0 bridgehead atoms. The summed E-state index contributed by atoms with van der Waals surface area (Å²) in [6.07, 6.45) is 3.44. The van der Waals surface area contributed by atoms with E-state index in [2.05, 4.69) is 12.2 Å². The zero-order valence-corrected chi connectivity index (χ0v) is 12.2. The van der Waals surface area contributed by atoms with Crippen molar-refractivity contribution >= 4 is 17.5 Å². The SMILES string of the molecule is CC1CCCC(O)(CNC(=O)c2ccc(Cl)c(F)c2)C1. The topological polar surface area (TPSA) is 49.3 Å². The summed E-state index contributed by atoms with van der Waals surface area (Å²) in [7, 11) is 0. The summed E-state index contributed by atoms with van der Waals surface area (Å²) in [6, 6.07) is 3.92. The minimum absolute atomic E-state index is 0.0127. The van der Waals surface area contributed by atoms with Crippen LogP contribution < -0.4 is 5.32 Å². The summed E-state index contributed by atoms with van der Waals surface area (Å²) in [5.74, 6) is -0.560. The Morgan fingerprint density at radius 1 is 1.60 bits per heavy atom. The van der Waals surface area contributed by atoms with E-state index in [9.17, 15) is 14.3 Å². The summed E-state index contributed by atoms with van der Waals surface area (Å²) in [5, 5.41) is 13.1. The lowest BCUT2D eigenvalue weighted by Gasteiger charge is -2.35. The predicted molar refractivity (Wildman–Crippen MR) is 76.3 cm³/mol. The van der Waals surface area contributed by atoms with Gasteiger partial charge < -0.3 is 10.4 Å². The van der Waals surface area contributed by atoms with E-state index in [-0.39, 0.29) is 17.1 Å². The number of hydrogen-bond acceptors (Lipinski definition) is 2. The molecular formula is C15H19ClFNO2. The second-order valence-electron chi connectivity index (χ2n) is 5.74. The molecule has 1 aliphatic carbocycles. The lowest BCUT2D eigenvalue weighted by Crippen LogP contribution is -2.45. The van der Waals surface area contributed by atoms with E-state index >= 15 is 0 Å². The van der Waals surface area contributed by atoms with E-state index in [1.807, 2.05) is 0 Å². The lowest BCUT2D eigenvalue weighted by molar-refractivity contribution is -0.0109. The molecule has 1 aromatic carbocycles. The Morgan fingerprint density at radius 2 is 2.35 bits per heavy atom. The molecule has 110 valence electrons. The molecule has 5 heteroatoms. The van der Waals surface area contributed by atoms with Crippen LogP contribution in [-0.4, -0.2) is 23.2 Å². The number of nitrogens with one attached hydrogen (secondary N) is 1. The van der Waals surface area contributed by atoms with Crippen molar-refractivity contribution < 1.29 is 14.3 Å². The normalized spacial score (nSPS) is 26.3. The van der Waals surface area contributed by atoms with Crippen molar-refractivity contribution in [2.45, 2.75) is 38.2 Å². The molecule has 2 unspecified atom stereocenters. The number of amides is 1. The Balaban J connectivity index is 1.96. The zero-order valence-electron chi connectivity index (χ0n) is 11.5. The van der Waals surface area contributed by atoms with Gasteiger partial charge in [-0.1, -0.05) is 31.4 Å². The van der Waals surface area contributed by atoms with E-state index in [0.717, 1.165) is 18.9 Å². The van der Waals surface area contributed by atoms with Crippen LogP contribution in [0.25, 0.3) is 0 Å². The van der Waals surface area contributed by atoms with Gasteiger partial charge in [-0.3, -0.25) is 4.79 Å². The number of hydrogen-bond donors (Lipinski definition) is 2. The number of benzene rings is 1. The fourth-order valence-corrected chi connectivity index (χ4v) is 2.89. The fourth-order valence-electron chi connectivity index (χ4n) is 2.78. The lowest BCUT2D eigenvalue weighted by atomic mass is 9.79. The summed E-state index contributed by atoms with van der Waals surface area (Å²) in [5.41, 5.74) is -0.641.